The van der Waals surface area contributed by atoms with E-state index in [-0.39, 0.29) is 42.1 Å². The summed E-state index contributed by atoms with van der Waals surface area (Å²) in [6, 6.07) is 6.18. The molecule has 1 aromatic rings. The molecule has 1 aromatic heterocycles. The van der Waals surface area contributed by atoms with Gasteiger partial charge in [-0.05, 0) is 6.42 Å². The molecule has 1 amide bonds. The number of amides is 1. The average molecular weight is 502 g/mol. The van der Waals surface area contributed by atoms with Gasteiger partial charge in [-0.3, -0.25) is 4.79 Å². The molecule has 0 unspecified atom stereocenters. The third-order valence-electron chi connectivity index (χ3n) is 4.97. The molecule has 0 fully saturated rings. The van der Waals surface area contributed by atoms with Gasteiger partial charge in [-0.2, -0.15) is 0 Å². The molecule has 0 saturated heterocycles. The van der Waals surface area contributed by atoms with E-state index in [2.05, 4.69) is 29.1 Å². The quantitative estimate of drug-likeness (QED) is 0.212. The number of carbonyl (C=O) groups excluding carboxylic acids is 2. The molecule has 6 nitrogen and oxygen atoms in total. The predicted molar refractivity (Wildman–Crippen MR) is 118 cm³/mol. The third kappa shape index (κ3) is 14.9. The highest BCUT2D eigenvalue weighted by atomic mass is 79.9. The van der Waals surface area contributed by atoms with Crippen molar-refractivity contribution in [3.05, 3.63) is 30.1 Å². The lowest BCUT2D eigenvalue weighted by Gasteiger charge is -2.09. The van der Waals surface area contributed by atoms with Gasteiger partial charge >= 0.3 is 12.1 Å². The fourth-order valence-electron chi connectivity index (χ4n) is 3.16. The van der Waals surface area contributed by atoms with Crippen molar-refractivity contribution in [2.24, 2.45) is 5.92 Å². The summed E-state index contributed by atoms with van der Waals surface area (Å²) in [5.74, 6) is -0.466. The summed E-state index contributed by atoms with van der Waals surface area (Å²) in [7, 11) is 0. The monoisotopic (exact) mass is 500 g/mol. The Bertz CT molecular complexity index is 611. The van der Waals surface area contributed by atoms with Crippen LogP contribution in [0.2, 0.25) is 0 Å². The third-order valence-corrected chi connectivity index (χ3v) is 4.97. The molecule has 178 valence electrons. The van der Waals surface area contributed by atoms with Crippen LogP contribution in [-0.2, 0) is 27.2 Å². The maximum absolute atomic E-state index is 11.8. The fraction of sp³-hybridized carbons (Fsp3) is 0.708. The number of alkyl carbamates (subject to hydrolysis) is 1. The van der Waals surface area contributed by atoms with Gasteiger partial charge < -0.3 is 31.8 Å². The highest BCUT2D eigenvalue weighted by Gasteiger charge is 2.11. The summed E-state index contributed by atoms with van der Waals surface area (Å²) in [6.07, 6.45) is 12.9. The van der Waals surface area contributed by atoms with Crippen molar-refractivity contribution in [2.75, 3.05) is 19.8 Å². The van der Waals surface area contributed by atoms with Gasteiger partial charge in [0.2, 0.25) is 0 Å². The number of ether oxygens (including phenoxy) is 2. The zero-order chi connectivity index (χ0) is 22.0. The van der Waals surface area contributed by atoms with E-state index < -0.39 is 6.09 Å². The fourth-order valence-corrected chi connectivity index (χ4v) is 3.16. The number of unbranched alkanes of at least 4 members (excludes halogenated alkanes) is 7. The molecule has 0 atom stereocenters. The minimum atomic E-state index is -0.485. The molecule has 0 aliphatic carbocycles. The van der Waals surface area contributed by atoms with Crippen LogP contribution in [-0.4, -0.2) is 31.8 Å². The van der Waals surface area contributed by atoms with Gasteiger partial charge in [0.25, 0.3) is 0 Å². The highest BCUT2D eigenvalue weighted by Crippen LogP contribution is 2.08. The molecule has 0 spiro atoms. The Kier molecular flexibility index (Phi) is 18.1. The van der Waals surface area contributed by atoms with Crippen molar-refractivity contribution >= 4 is 12.1 Å². The van der Waals surface area contributed by atoms with E-state index in [9.17, 15) is 9.59 Å². The summed E-state index contributed by atoms with van der Waals surface area (Å²) >= 11 is 0. The SMILES string of the molecule is CCCCCCCCCC[n+]1ccccc1CCNC(=O)OCCOC(=O)C(C)C.[Br-]. The molecule has 31 heavy (non-hydrogen) atoms. The first-order chi connectivity index (χ1) is 14.5. The first-order valence-corrected chi connectivity index (χ1v) is 11.6. The second-order valence-electron chi connectivity index (χ2n) is 8.00. The lowest BCUT2D eigenvalue weighted by atomic mass is 10.1. The molecule has 0 aliphatic heterocycles. The van der Waals surface area contributed by atoms with E-state index >= 15 is 0 Å². The van der Waals surface area contributed by atoms with Crippen molar-refractivity contribution in [3.8, 4) is 0 Å². The van der Waals surface area contributed by atoms with E-state index in [1.54, 1.807) is 13.8 Å². The largest absolute Gasteiger partial charge is 1.00 e. The number of hydrogen-bond acceptors (Lipinski definition) is 4. The lowest BCUT2D eigenvalue weighted by Crippen LogP contribution is -3.00. The van der Waals surface area contributed by atoms with E-state index in [0.717, 1.165) is 13.0 Å². The maximum Gasteiger partial charge on any atom is 0.407 e. The maximum atomic E-state index is 11.8. The Morgan fingerprint density at radius 3 is 2.29 bits per heavy atom. The molecular weight excluding hydrogens is 460 g/mol. The van der Waals surface area contributed by atoms with Crippen molar-refractivity contribution in [1.29, 1.82) is 0 Å². The number of pyridine rings is 1. The average Bonchev–Trinajstić information content (AvgIpc) is 2.73. The van der Waals surface area contributed by atoms with Crippen LogP contribution in [0.1, 0.15) is 77.8 Å². The van der Waals surface area contributed by atoms with Gasteiger partial charge in [-0.15, -0.1) is 0 Å². The molecule has 0 aromatic carbocycles. The summed E-state index contributed by atoms with van der Waals surface area (Å²) in [6.45, 7) is 7.44. The number of nitrogens with one attached hydrogen (secondary N) is 1. The highest BCUT2D eigenvalue weighted by molar-refractivity contribution is 5.71. The Morgan fingerprint density at radius 2 is 1.61 bits per heavy atom. The van der Waals surface area contributed by atoms with Gasteiger partial charge in [0, 0.05) is 31.5 Å². The van der Waals surface area contributed by atoms with Crippen LogP contribution in [0.15, 0.2) is 24.4 Å². The van der Waals surface area contributed by atoms with Crippen LogP contribution < -0.4 is 26.9 Å². The Labute approximate surface area is 198 Å². The second-order valence-corrected chi connectivity index (χ2v) is 8.00. The number of esters is 1. The van der Waals surface area contributed by atoms with Gasteiger partial charge in [0.05, 0.1) is 5.92 Å². The molecule has 0 bridgehead atoms. The molecule has 0 aliphatic rings. The number of hydrogen-bond donors (Lipinski definition) is 1. The number of aromatic nitrogens is 1. The van der Waals surface area contributed by atoms with Gasteiger partial charge in [0.15, 0.2) is 11.9 Å². The van der Waals surface area contributed by atoms with Crippen LogP contribution >= 0.6 is 0 Å². The Balaban J connectivity index is 0.00000900. The molecule has 1 N–H and O–H groups in total. The first-order valence-electron chi connectivity index (χ1n) is 11.6. The molecule has 1 rings (SSSR count). The van der Waals surface area contributed by atoms with Crippen LogP contribution in [0, 0.1) is 5.92 Å². The number of nitrogens with zero attached hydrogens (tertiary/aromatic N) is 1. The van der Waals surface area contributed by atoms with Gasteiger partial charge in [-0.1, -0.05) is 65.4 Å². The van der Waals surface area contributed by atoms with Crippen LogP contribution in [0.25, 0.3) is 0 Å². The number of rotatable bonds is 16. The van der Waals surface area contributed by atoms with Crippen molar-refractivity contribution in [2.45, 2.75) is 85.1 Å². The molecule has 0 radical (unpaired) electrons. The Hall–Kier alpha value is -1.63. The minimum absolute atomic E-state index is 0. The number of aryl methyl sites for hydroxylation is 1. The summed E-state index contributed by atoms with van der Waals surface area (Å²) in [5, 5.41) is 2.75. The standard InChI is InChI=1S/C24H40N2O4.BrH/c1-4-5-6-7-8-9-10-12-17-26-18-13-11-14-22(26)15-16-25-24(28)30-20-19-29-23(27)21(2)3;/h11,13-14,18,21H,4-10,12,15-17,19-20H2,1-3H3;1H. The summed E-state index contributed by atoms with van der Waals surface area (Å²) in [5.41, 5.74) is 1.20. The second kappa shape index (κ2) is 19.1. The zero-order valence-electron chi connectivity index (χ0n) is 19.5. The topological polar surface area (TPSA) is 68.5 Å². The Morgan fingerprint density at radius 1 is 0.968 bits per heavy atom. The van der Waals surface area contributed by atoms with Crippen LogP contribution in [0.4, 0.5) is 4.79 Å². The number of carbonyl (C=O) groups is 2. The molecule has 1 heterocycles. The van der Waals surface area contributed by atoms with Crippen LogP contribution in [0.5, 0.6) is 0 Å². The molecule has 7 heteroatoms. The minimum Gasteiger partial charge on any atom is -1.00 e. The van der Waals surface area contributed by atoms with E-state index in [0.29, 0.717) is 6.54 Å². The summed E-state index contributed by atoms with van der Waals surface area (Å²) in [4.78, 5) is 23.1. The van der Waals surface area contributed by atoms with E-state index in [4.69, 9.17) is 9.47 Å². The van der Waals surface area contributed by atoms with Crippen LogP contribution in [0.3, 0.4) is 0 Å². The smallest absolute Gasteiger partial charge is 0.407 e. The first kappa shape index (κ1) is 29.4. The molecular formula is C24H41BrN2O4. The van der Waals surface area contributed by atoms with Crippen molar-refractivity contribution in [3.63, 3.8) is 0 Å². The van der Waals surface area contributed by atoms with Gasteiger partial charge in [-0.25, -0.2) is 9.36 Å². The van der Waals surface area contributed by atoms with E-state index in [1.807, 2.05) is 12.1 Å². The summed E-state index contributed by atoms with van der Waals surface area (Å²) < 4.78 is 12.3. The van der Waals surface area contributed by atoms with Gasteiger partial charge in [0.1, 0.15) is 19.8 Å². The van der Waals surface area contributed by atoms with E-state index in [1.165, 1.54) is 57.1 Å². The lowest BCUT2D eigenvalue weighted by molar-refractivity contribution is -0.704. The normalized spacial score (nSPS) is 10.5. The predicted octanol–water partition coefficient (Wildman–Crippen LogP) is 1.59. The van der Waals surface area contributed by atoms with Crippen molar-refractivity contribution in [1.82, 2.24) is 5.32 Å². The zero-order valence-corrected chi connectivity index (χ0v) is 21.1. The van der Waals surface area contributed by atoms with Crippen molar-refractivity contribution < 1.29 is 40.6 Å². The molecule has 0 saturated carbocycles. The number of halogens is 1.